The highest BCUT2D eigenvalue weighted by Crippen LogP contribution is 2.39. The molecule has 0 saturated heterocycles. The summed E-state index contributed by atoms with van der Waals surface area (Å²) in [5, 5.41) is 12.6. The summed E-state index contributed by atoms with van der Waals surface area (Å²) in [6.45, 7) is 0. The summed E-state index contributed by atoms with van der Waals surface area (Å²) in [7, 11) is 0. The van der Waals surface area contributed by atoms with Gasteiger partial charge in [-0.2, -0.15) is 10.2 Å². The quantitative estimate of drug-likeness (QED) is 0.189. The van der Waals surface area contributed by atoms with Gasteiger partial charge in [0.15, 0.2) is 0 Å². The Bertz CT molecular complexity index is 2560. The van der Waals surface area contributed by atoms with E-state index in [1.54, 1.807) is 17.5 Å². The number of hydrogen-bond donors (Lipinski definition) is 0. The van der Waals surface area contributed by atoms with Crippen LogP contribution in [0.3, 0.4) is 0 Å². The minimum atomic E-state index is 0.843. The monoisotopic (exact) mass is 594 g/mol. The summed E-state index contributed by atoms with van der Waals surface area (Å²) in [6.07, 6.45) is 7.38. The molecule has 0 amide bonds. The van der Waals surface area contributed by atoms with Gasteiger partial charge in [-0.3, -0.25) is 15.0 Å². The van der Waals surface area contributed by atoms with E-state index in [1.165, 1.54) is 0 Å². The van der Waals surface area contributed by atoms with Gasteiger partial charge in [-0.25, -0.2) is 4.98 Å². The van der Waals surface area contributed by atoms with Crippen LogP contribution in [-0.2, 0) is 0 Å². The number of rotatable bonds is 4. The minimum Gasteiger partial charge on any atom is -0.256 e. The molecule has 210 valence electrons. The van der Waals surface area contributed by atoms with Gasteiger partial charge in [-0.15, -0.1) is 11.3 Å². The Balaban J connectivity index is 1.22. The molecular formula is C38H22N6S. The van der Waals surface area contributed by atoms with Gasteiger partial charge in [-0.1, -0.05) is 66.7 Å². The largest absolute Gasteiger partial charge is 0.256 e. The first-order valence-corrected chi connectivity index (χ1v) is 15.4. The van der Waals surface area contributed by atoms with Crippen molar-refractivity contribution in [1.29, 1.82) is 0 Å². The molecule has 0 bridgehead atoms. The van der Waals surface area contributed by atoms with Crippen LogP contribution in [0.25, 0.3) is 87.0 Å². The molecule has 5 heterocycles. The van der Waals surface area contributed by atoms with Crippen molar-refractivity contribution in [3.63, 3.8) is 0 Å². The van der Waals surface area contributed by atoms with Crippen LogP contribution in [0.5, 0.6) is 0 Å². The Hall–Kier alpha value is -5.92. The zero-order valence-corrected chi connectivity index (χ0v) is 24.6. The van der Waals surface area contributed by atoms with Gasteiger partial charge in [0.05, 0.1) is 38.7 Å². The van der Waals surface area contributed by atoms with Crippen LogP contribution in [0.1, 0.15) is 0 Å². The first-order valence-electron chi connectivity index (χ1n) is 14.6. The molecule has 45 heavy (non-hydrogen) atoms. The highest BCUT2D eigenvalue weighted by Gasteiger charge is 2.15. The molecule has 0 atom stereocenters. The van der Waals surface area contributed by atoms with Gasteiger partial charge in [0.25, 0.3) is 0 Å². The molecule has 0 radical (unpaired) electrons. The van der Waals surface area contributed by atoms with Gasteiger partial charge < -0.3 is 0 Å². The second-order valence-electron chi connectivity index (χ2n) is 10.9. The van der Waals surface area contributed by atoms with E-state index in [1.807, 2.05) is 48.9 Å². The third-order valence-electron chi connectivity index (χ3n) is 8.17. The zero-order valence-electron chi connectivity index (χ0n) is 23.8. The van der Waals surface area contributed by atoms with Gasteiger partial charge in [0, 0.05) is 51.4 Å². The van der Waals surface area contributed by atoms with Crippen LogP contribution in [-0.4, -0.2) is 30.1 Å². The van der Waals surface area contributed by atoms with E-state index >= 15 is 0 Å². The highest BCUT2D eigenvalue weighted by molar-refractivity contribution is 7.21. The Kier molecular flexibility index (Phi) is 5.89. The average Bonchev–Trinajstić information content (AvgIpc) is 3.55. The first kappa shape index (κ1) is 25.6. The van der Waals surface area contributed by atoms with Crippen LogP contribution in [0.15, 0.2) is 134 Å². The molecule has 0 aliphatic rings. The molecule has 5 aromatic heterocycles. The molecule has 4 aromatic carbocycles. The maximum atomic E-state index is 4.97. The summed E-state index contributed by atoms with van der Waals surface area (Å²) >= 11 is 1.70. The predicted molar refractivity (Wildman–Crippen MR) is 183 cm³/mol. The Morgan fingerprint density at radius 2 is 1.33 bits per heavy atom. The maximum absolute atomic E-state index is 4.97. The number of hydrogen-bond acceptors (Lipinski definition) is 7. The molecule has 9 aromatic rings. The molecule has 6 nitrogen and oxygen atoms in total. The summed E-state index contributed by atoms with van der Waals surface area (Å²) in [4.78, 5) is 19.3. The van der Waals surface area contributed by atoms with Crippen LogP contribution in [0.4, 0.5) is 0 Å². The third kappa shape index (κ3) is 4.49. The van der Waals surface area contributed by atoms with Crippen LogP contribution < -0.4 is 0 Å². The zero-order chi connectivity index (χ0) is 29.7. The Morgan fingerprint density at radius 1 is 0.489 bits per heavy atom. The third-order valence-corrected chi connectivity index (χ3v) is 9.24. The number of pyridine rings is 3. The fourth-order valence-corrected chi connectivity index (χ4v) is 6.91. The summed E-state index contributed by atoms with van der Waals surface area (Å²) in [5.74, 6) is 0. The number of nitrogens with zero attached hydrogens (tertiary/aromatic N) is 6. The number of fused-ring (bicyclic) bond motifs is 5. The lowest BCUT2D eigenvalue weighted by Gasteiger charge is -2.13. The molecule has 0 aliphatic heterocycles. The summed E-state index contributed by atoms with van der Waals surface area (Å²) in [6, 6.07) is 37.6. The SMILES string of the molecule is c1ccc(-c2nc3ccc(-c4cc(-c5cnc6c(ccc7cccnc76)c5)ncc4-c4ccc5ccnnc5c4)cc3s2)cc1. The van der Waals surface area contributed by atoms with E-state index in [0.717, 1.165) is 87.0 Å². The molecule has 0 spiro atoms. The molecule has 0 unspecified atom stereocenters. The van der Waals surface area contributed by atoms with E-state index in [-0.39, 0.29) is 0 Å². The second kappa shape index (κ2) is 10.4. The summed E-state index contributed by atoms with van der Waals surface area (Å²) < 4.78 is 1.13. The van der Waals surface area contributed by atoms with Crippen molar-refractivity contribution in [3.8, 4) is 44.1 Å². The van der Waals surface area contributed by atoms with Crippen molar-refractivity contribution >= 4 is 54.3 Å². The molecule has 0 N–H and O–H groups in total. The first-order chi connectivity index (χ1) is 22.3. The van der Waals surface area contributed by atoms with Gasteiger partial charge in [-0.05, 0) is 59.2 Å². The van der Waals surface area contributed by atoms with Crippen LogP contribution in [0.2, 0.25) is 0 Å². The Labute approximate surface area is 261 Å². The molecule has 0 fully saturated rings. The number of thiazole rings is 1. The van der Waals surface area contributed by atoms with Crippen molar-refractivity contribution < 1.29 is 0 Å². The van der Waals surface area contributed by atoms with Gasteiger partial charge >= 0.3 is 0 Å². The van der Waals surface area contributed by atoms with Crippen molar-refractivity contribution in [3.05, 3.63) is 134 Å². The van der Waals surface area contributed by atoms with Crippen molar-refractivity contribution in [1.82, 2.24) is 30.1 Å². The highest BCUT2D eigenvalue weighted by atomic mass is 32.1. The molecule has 9 rings (SSSR count). The van der Waals surface area contributed by atoms with E-state index in [4.69, 9.17) is 15.0 Å². The van der Waals surface area contributed by atoms with Gasteiger partial charge in [0.1, 0.15) is 5.01 Å². The number of benzene rings is 4. The van der Waals surface area contributed by atoms with Crippen molar-refractivity contribution in [2.45, 2.75) is 0 Å². The molecule has 0 saturated carbocycles. The normalized spacial score (nSPS) is 11.6. The lowest BCUT2D eigenvalue weighted by atomic mass is 9.94. The molecular weight excluding hydrogens is 573 g/mol. The predicted octanol–water partition coefficient (Wildman–Crippen LogP) is 9.40. The van der Waals surface area contributed by atoms with E-state index < -0.39 is 0 Å². The van der Waals surface area contributed by atoms with E-state index in [2.05, 4.69) is 94.0 Å². The summed E-state index contributed by atoms with van der Waals surface area (Å²) in [5.41, 5.74) is 10.7. The Morgan fingerprint density at radius 3 is 2.29 bits per heavy atom. The minimum absolute atomic E-state index is 0.843. The smallest absolute Gasteiger partial charge is 0.124 e. The van der Waals surface area contributed by atoms with E-state index in [0.29, 0.717) is 0 Å². The topological polar surface area (TPSA) is 77.3 Å². The van der Waals surface area contributed by atoms with Gasteiger partial charge in [0.2, 0.25) is 0 Å². The lowest BCUT2D eigenvalue weighted by Crippen LogP contribution is -1.93. The lowest BCUT2D eigenvalue weighted by molar-refractivity contribution is 1.08. The van der Waals surface area contributed by atoms with E-state index in [9.17, 15) is 0 Å². The molecule has 0 aliphatic carbocycles. The standard InChI is InChI=1S/C38H22N6S/c1-2-5-25(6-3-1)38-43-32-13-12-27(19-35(32)45-38)30-20-33(40-22-31(30)26-10-8-23-14-16-42-44-34(23)18-26)29-17-28-11-9-24-7-4-15-39-36(24)37(28)41-21-29/h1-22H. The van der Waals surface area contributed by atoms with Crippen molar-refractivity contribution in [2.75, 3.05) is 0 Å². The van der Waals surface area contributed by atoms with Crippen LogP contribution >= 0.6 is 11.3 Å². The average molecular weight is 595 g/mol. The number of aromatic nitrogens is 6. The second-order valence-corrected chi connectivity index (χ2v) is 12.0. The fraction of sp³-hybridized carbons (Fsp3) is 0. The maximum Gasteiger partial charge on any atom is 0.124 e. The van der Waals surface area contributed by atoms with Crippen molar-refractivity contribution in [2.24, 2.45) is 0 Å². The molecule has 7 heteroatoms. The fourth-order valence-electron chi connectivity index (χ4n) is 5.90. The van der Waals surface area contributed by atoms with Crippen LogP contribution in [0, 0.1) is 0 Å².